The second kappa shape index (κ2) is 9.97. The molecule has 0 saturated carbocycles. The van der Waals surface area contributed by atoms with Crippen LogP contribution in [0.25, 0.3) is 0 Å². The number of benzene rings is 1. The van der Waals surface area contributed by atoms with E-state index in [-0.39, 0.29) is 30.7 Å². The molecule has 0 spiro atoms. The van der Waals surface area contributed by atoms with Crippen molar-refractivity contribution in [2.75, 3.05) is 44.2 Å². The van der Waals surface area contributed by atoms with E-state index in [1.54, 1.807) is 6.92 Å². The number of anilines is 1. The van der Waals surface area contributed by atoms with E-state index in [9.17, 15) is 4.79 Å². The van der Waals surface area contributed by atoms with Gasteiger partial charge in [0, 0.05) is 38.8 Å². The summed E-state index contributed by atoms with van der Waals surface area (Å²) in [7, 11) is 0. The third kappa shape index (κ3) is 5.43. The number of amides is 1. The van der Waals surface area contributed by atoms with Crippen LogP contribution in [-0.2, 0) is 4.79 Å². The molecule has 0 bridgehead atoms. The average Bonchev–Trinajstić information content (AvgIpc) is 2.57. The smallest absolute Gasteiger partial charge is 0.219 e. The van der Waals surface area contributed by atoms with Crippen molar-refractivity contribution < 1.29 is 9.53 Å². The van der Waals surface area contributed by atoms with Gasteiger partial charge in [0.15, 0.2) is 0 Å². The fourth-order valence-corrected chi connectivity index (χ4v) is 3.12. The van der Waals surface area contributed by atoms with Gasteiger partial charge in [-0.1, -0.05) is 0 Å². The van der Waals surface area contributed by atoms with Gasteiger partial charge in [0.05, 0.1) is 0 Å². The van der Waals surface area contributed by atoms with Crippen molar-refractivity contribution in [2.24, 2.45) is 0 Å². The van der Waals surface area contributed by atoms with Crippen LogP contribution in [0, 0.1) is 0 Å². The minimum atomic E-state index is 0. The Bertz CT molecular complexity index is 499. The standard InChI is InChI=1S/C17H25N3O2.2ClH/c1-14(21)19-10-12-20(13-11-19)15-2-4-16(5-3-15)22-17-6-8-18-9-7-17;;/h2-5,17-18H,6-13H2,1H3;2*1H. The molecule has 1 aromatic carbocycles. The van der Waals surface area contributed by atoms with Crippen LogP contribution in [0.1, 0.15) is 19.8 Å². The van der Waals surface area contributed by atoms with Crippen molar-refractivity contribution in [2.45, 2.75) is 25.9 Å². The minimum absolute atomic E-state index is 0. The molecule has 7 heteroatoms. The van der Waals surface area contributed by atoms with Crippen LogP contribution >= 0.6 is 24.8 Å². The lowest BCUT2D eigenvalue weighted by Crippen LogP contribution is -2.48. The first-order valence-corrected chi connectivity index (χ1v) is 8.20. The molecule has 3 rings (SSSR count). The Balaban J connectivity index is 0.00000144. The summed E-state index contributed by atoms with van der Waals surface area (Å²) in [5.74, 6) is 1.13. The number of ether oxygens (including phenoxy) is 1. The van der Waals surface area contributed by atoms with E-state index in [1.165, 1.54) is 5.69 Å². The topological polar surface area (TPSA) is 44.8 Å². The molecule has 1 aromatic rings. The summed E-state index contributed by atoms with van der Waals surface area (Å²) in [6.07, 6.45) is 2.50. The summed E-state index contributed by atoms with van der Waals surface area (Å²) >= 11 is 0. The van der Waals surface area contributed by atoms with Gasteiger partial charge in [-0.2, -0.15) is 0 Å². The lowest BCUT2D eigenvalue weighted by Gasteiger charge is -2.35. The van der Waals surface area contributed by atoms with Crippen LogP contribution in [0.15, 0.2) is 24.3 Å². The quantitative estimate of drug-likeness (QED) is 0.880. The minimum Gasteiger partial charge on any atom is -0.490 e. The van der Waals surface area contributed by atoms with E-state index in [4.69, 9.17) is 4.74 Å². The number of hydrogen-bond donors (Lipinski definition) is 1. The number of nitrogens with one attached hydrogen (secondary N) is 1. The van der Waals surface area contributed by atoms with E-state index in [0.29, 0.717) is 6.10 Å². The molecule has 2 fully saturated rings. The van der Waals surface area contributed by atoms with Crippen LogP contribution in [0.4, 0.5) is 5.69 Å². The maximum absolute atomic E-state index is 11.4. The fourth-order valence-electron chi connectivity index (χ4n) is 3.12. The Morgan fingerprint density at radius 2 is 1.62 bits per heavy atom. The van der Waals surface area contributed by atoms with Crippen molar-refractivity contribution in [3.8, 4) is 5.75 Å². The predicted octanol–water partition coefficient (Wildman–Crippen LogP) is 2.33. The molecular formula is C17H27Cl2N3O2. The van der Waals surface area contributed by atoms with E-state index in [1.807, 2.05) is 4.90 Å². The average molecular weight is 376 g/mol. The summed E-state index contributed by atoms with van der Waals surface area (Å²) in [6.45, 7) is 7.14. The summed E-state index contributed by atoms with van der Waals surface area (Å²) in [6, 6.07) is 8.38. The number of piperidine rings is 1. The molecule has 0 unspecified atom stereocenters. The highest BCUT2D eigenvalue weighted by Crippen LogP contribution is 2.22. The van der Waals surface area contributed by atoms with E-state index in [2.05, 4.69) is 34.5 Å². The number of rotatable bonds is 3. The lowest BCUT2D eigenvalue weighted by molar-refractivity contribution is -0.129. The first kappa shape index (κ1) is 20.9. The molecule has 0 aliphatic carbocycles. The Hall–Kier alpha value is -1.17. The highest BCUT2D eigenvalue weighted by atomic mass is 35.5. The second-order valence-electron chi connectivity index (χ2n) is 6.05. The van der Waals surface area contributed by atoms with Crippen molar-refractivity contribution in [3.63, 3.8) is 0 Å². The van der Waals surface area contributed by atoms with Crippen LogP contribution < -0.4 is 15.0 Å². The van der Waals surface area contributed by atoms with Crippen molar-refractivity contribution in [1.82, 2.24) is 10.2 Å². The number of hydrogen-bond acceptors (Lipinski definition) is 4. The molecular weight excluding hydrogens is 349 g/mol. The Morgan fingerprint density at radius 3 is 2.17 bits per heavy atom. The zero-order valence-corrected chi connectivity index (χ0v) is 15.7. The van der Waals surface area contributed by atoms with Crippen LogP contribution in [-0.4, -0.2) is 56.2 Å². The number of nitrogens with zero attached hydrogens (tertiary/aromatic N) is 2. The number of piperazine rings is 1. The van der Waals surface area contributed by atoms with Gasteiger partial charge in [-0.05, 0) is 50.2 Å². The molecule has 136 valence electrons. The molecule has 1 N–H and O–H groups in total. The monoisotopic (exact) mass is 375 g/mol. The van der Waals surface area contributed by atoms with Gasteiger partial charge >= 0.3 is 0 Å². The van der Waals surface area contributed by atoms with Crippen molar-refractivity contribution in [1.29, 1.82) is 0 Å². The molecule has 1 amide bonds. The molecule has 0 radical (unpaired) electrons. The molecule has 2 aliphatic rings. The SMILES string of the molecule is CC(=O)N1CCN(c2ccc(OC3CCNCC3)cc2)CC1.Cl.Cl. The summed E-state index contributed by atoms with van der Waals surface area (Å²) in [5, 5.41) is 3.35. The normalized spacial score (nSPS) is 18.4. The maximum Gasteiger partial charge on any atom is 0.219 e. The molecule has 2 heterocycles. The predicted molar refractivity (Wildman–Crippen MR) is 102 cm³/mol. The number of carbonyl (C=O) groups is 1. The molecule has 24 heavy (non-hydrogen) atoms. The number of carbonyl (C=O) groups excluding carboxylic acids is 1. The van der Waals surface area contributed by atoms with E-state index in [0.717, 1.165) is 57.9 Å². The maximum atomic E-state index is 11.4. The number of halogens is 2. The molecule has 2 saturated heterocycles. The highest BCUT2D eigenvalue weighted by Gasteiger charge is 2.19. The second-order valence-corrected chi connectivity index (χ2v) is 6.05. The van der Waals surface area contributed by atoms with Crippen LogP contribution in [0.5, 0.6) is 5.75 Å². The third-order valence-corrected chi connectivity index (χ3v) is 4.52. The summed E-state index contributed by atoms with van der Waals surface area (Å²) in [5.41, 5.74) is 1.21. The van der Waals surface area contributed by atoms with Gasteiger partial charge in [-0.25, -0.2) is 0 Å². The first-order chi connectivity index (χ1) is 10.7. The Labute approximate surface area is 156 Å². The molecule has 0 atom stereocenters. The van der Waals surface area contributed by atoms with Crippen LogP contribution in [0.2, 0.25) is 0 Å². The molecule has 0 aromatic heterocycles. The first-order valence-electron chi connectivity index (χ1n) is 8.20. The summed E-state index contributed by atoms with van der Waals surface area (Å²) in [4.78, 5) is 15.6. The highest BCUT2D eigenvalue weighted by molar-refractivity contribution is 5.85. The van der Waals surface area contributed by atoms with Gasteiger partial charge in [0.1, 0.15) is 11.9 Å². The van der Waals surface area contributed by atoms with Gasteiger partial charge in [-0.15, -0.1) is 24.8 Å². The van der Waals surface area contributed by atoms with E-state index >= 15 is 0 Å². The van der Waals surface area contributed by atoms with Gasteiger partial charge < -0.3 is 19.9 Å². The fraction of sp³-hybridized carbons (Fsp3) is 0.588. The molecule has 5 nitrogen and oxygen atoms in total. The Kier molecular flexibility index (Phi) is 8.67. The van der Waals surface area contributed by atoms with Crippen LogP contribution in [0.3, 0.4) is 0 Å². The van der Waals surface area contributed by atoms with Gasteiger partial charge in [0.2, 0.25) is 5.91 Å². The van der Waals surface area contributed by atoms with Crippen molar-refractivity contribution in [3.05, 3.63) is 24.3 Å². The summed E-state index contributed by atoms with van der Waals surface area (Å²) < 4.78 is 6.03. The van der Waals surface area contributed by atoms with Gasteiger partial charge in [0.25, 0.3) is 0 Å². The van der Waals surface area contributed by atoms with Crippen molar-refractivity contribution >= 4 is 36.4 Å². The molecule has 2 aliphatic heterocycles. The zero-order valence-electron chi connectivity index (χ0n) is 14.1. The van der Waals surface area contributed by atoms with E-state index < -0.39 is 0 Å². The lowest BCUT2D eigenvalue weighted by atomic mass is 10.1. The Morgan fingerprint density at radius 1 is 1.04 bits per heavy atom. The van der Waals surface area contributed by atoms with Gasteiger partial charge in [-0.3, -0.25) is 4.79 Å². The zero-order chi connectivity index (χ0) is 15.4. The largest absolute Gasteiger partial charge is 0.490 e. The third-order valence-electron chi connectivity index (χ3n) is 4.52.